The quantitative estimate of drug-likeness (QED) is 0.677. The lowest BCUT2D eigenvalue weighted by Gasteiger charge is -2.36. The van der Waals surface area contributed by atoms with E-state index >= 15 is 0 Å². The summed E-state index contributed by atoms with van der Waals surface area (Å²) < 4.78 is 0. The van der Waals surface area contributed by atoms with Crippen LogP contribution < -0.4 is 0 Å². The van der Waals surface area contributed by atoms with Gasteiger partial charge in [0.2, 0.25) is 0 Å². The zero-order valence-corrected chi connectivity index (χ0v) is 14.4. The molecule has 0 heterocycles. The Morgan fingerprint density at radius 2 is 1.90 bits per heavy atom. The average molecular weight is 353 g/mol. The van der Waals surface area contributed by atoms with Crippen molar-refractivity contribution in [1.82, 2.24) is 0 Å². The van der Waals surface area contributed by atoms with Crippen LogP contribution in [-0.4, -0.2) is 11.1 Å². The molecule has 2 nitrogen and oxygen atoms in total. The summed E-state index contributed by atoms with van der Waals surface area (Å²) in [6.45, 7) is 2.13. The summed E-state index contributed by atoms with van der Waals surface area (Å²) in [6.07, 6.45) is 7.23. The van der Waals surface area contributed by atoms with E-state index in [0.29, 0.717) is 0 Å². The lowest BCUT2D eigenvalue weighted by atomic mass is 9.66. The Kier molecular flexibility index (Phi) is 5.86. The number of rotatable bonds is 7. The number of hydrogen-bond donors (Lipinski definition) is 1. The van der Waals surface area contributed by atoms with Crippen LogP contribution in [0.25, 0.3) is 0 Å². The fraction of sp³-hybridized carbons (Fsp3) is 0.611. The van der Waals surface area contributed by atoms with Gasteiger partial charge < -0.3 is 5.11 Å². The lowest BCUT2D eigenvalue weighted by Crippen LogP contribution is -2.42. The van der Waals surface area contributed by atoms with Crippen molar-refractivity contribution in [2.45, 2.75) is 62.6 Å². The minimum Gasteiger partial charge on any atom is -0.481 e. The number of hydrogen-bond acceptors (Lipinski definition) is 1. The maximum atomic E-state index is 12.3. The molecule has 0 aromatic heterocycles. The van der Waals surface area contributed by atoms with Crippen molar-refractivity contribution < 1.29 is 9.90 Å². The van der Waals surface area contributed by atoms with E-state index in [4.69, 9.17) is 0 Å². The van der Waals surface area contributed by atoms with E-state index in [2.05, 4.69) is 35.0 Å². The molecule has 116 valence electrons. The molecule has 1 aliphatic rings. The Hall–Kier alpha value is -0.830. The Morgan fingerprint density at radius 1 is 1.29 bits per heavy atom. The highest BCUT2D eigenvalue weighted by molar-refractivity contribution is 9.08. The Morgan fingerprint density at radius 3 is 2.38 bits per heavy atom. The van der Waals surface area contributed by atoms with Crippen LogP contribution in [0.2, 0.25) is 0 Å². The van der Waals surface area contributed by atoms with Crippen molar-refractivity contribution >= 4 is 21.9 Å². The van der Waals surface area contributed by atoms with Crippen LogP contribution in [0.1, 0.15) is 63.0 Å². The summed E-state index contributed by atoms with van der Waals surface area (Å²) in [4.78, 5) is 12.3. The molecular formula is C18H25BrO2. The Balaban J connectivity index is 2.42. The molecule has 1 aromatic rings. The van der Waals surface area contributed by atoms with Crippen LogP contribution in [0, 0.1) is 5.92 Å². The number of halogens is 1. The molecule has 0 amide bonds. The van der Waals surface area contributed by atoms with Crippen molar-refractivity contribution in [3.8, 4) is 0 Å². The second kappa shape index (κ2) is 7.44. The monoisotopic (exact) mass is 352 g/mol. The van der Waals surface area contributed by atoms with Gasteiger partial charge in [-0.1, -0.05) is 72.8 Å². The largest absolute Gasteiger partial charge is 0.481 e. The first-order valence-corrected chi connectivity index (χ1v) is 9.16. The third-order valence-electron chi connectivity index (χ3n) is 4.98. The molecule has 1 aromatic carbocycles. The summed E-state index contributed by atoms with van der Waals surface area (Å²) in [6, 6.07) is 8.20. The number of carboxylic acids is 1. The SMILES string of the molecule is CCCCC(C(=O)O)(c1ccc(CBr)cc1)C1CCCC1. The fourth-order valence-corrected chi connectivity index (χ4v) is 4.13. The van der Waals surface area contributed by atoms with Gasteiger partial charge in [0.05, 0.1) is 5.41 Å². The lowest BCUT2D eigenvalue weighted by molar-refractivity contribution is -0.146. The highest BCUT2D eigenvalue weighted by atomic mass is 79.9. The molecule has 1 saturated carbocycles. The number of carboxylic acid groups (broad SMARTS) is 1. The predicted molar refractivity (Wildman–Crippen MR) is 89.9 cm³/mol. The molecule has 0 bridgehead atoms. The van der Waals surface area contributed by atoms with Gasteiger partial charge in [0.1, 0.15) is 0 Å². The summed E-state index contributed by atoms with van der Waals surface area (Å²) >= 11 is 3.45. The molecule has 1 N–H and O–H groups in total. The van der Waals surface area contributed by atoms with Crippen molar-refractivity contribution in [3.05, 3.63) is 35.4 Å². The Labute approximate surface area is 136 Å². The van der Waals surface area contributed by atoms with Crippen molar-refractivity contribution in [2.24, 2.45) is 5.92 Å². The molecule has 1 unspecified atom stereocenters. The van der Waals surface area contributed by atoms with Gasteiger partial charge in [-0.15, -0.1) is 0 Å². The van der Waals surface area contributed by atoms with Crippen LogP contribution >= 0.6 is 15.9 Å². The molecule has 1 atom stereocenters. The zero-order chi connectivity index (χ0) is 15.3. The smallest absolute Gasteiger partial charge is 0.314 e. The number of benzene rings is 1. The van der Waals surface area contributed by atoms with Gasteiger partial charge >= 0.3 is 5.97 Å². The fourth-order valence-electron chi connectivity index (χ4n) is 3.75. The van der Waals surface area contributed by atoms with E-state index in [9.17, 15) is 9.90 Å². The van der Waals surface area contributed by atoms with Crippen molar-refractivity contribution in [2.75, 3.05) is 0 Å². The van der Waals surface area contributed by atoms with Crippen LogP contribution in [0.4, 0.5) is 0 Å². The van der Waals surface area contributed by atoms with Gasteiger partial charge in [-0.05, 0) is 36.3 Å². The molecule has 0 radical (unpaired) electrons. The topological polar surface area (TPSA) is 37.3 Å². The molecule has 1 fully saturated rings. The van der Waals surface area contributed by atoms with Gasteiger partial charge in [0.15, 0.2) is 0 Å². The third kappa shape index (κ3) is 3.33. The van der Waals surface area contributed by atoms with Gasteiger partial charge in [-0.25, -0.2) is 0 Å². The summed E-state index contributed by atoms with van der Waals surface area (Å²) in [5.74, 6) is -0.342. The van der Waals surface area contributed by atoms with Crippen molar-refractivity contribution in [3.63, 3.8) is 0 Å². The predicted octanol–water partition coefficient (Wildman–Crippen LogP) is 5.28. The zero-order valence-electron chi connectivity index (χ0n) is 12.8. The summed E-state index contributed by atoms with van der Waals surface area (Å²) in [7, 11) is 0. The molecule has 2 rings (SSSR count). The van der Waals surface area contributed by atoms with Crippen LogP contribution in [-0.2, 0) is 15.5 Å². The van der Waals surface area contributed by atoms with E-state index in [1.807, 2.05) is 12.1 Å². The normalized spacial score (nSPS) is 18.6. The second-order valence-electron chi connectivity index (χ2n) is 6.19. The third-order valence-corrected chi connectivity index (χ3v) is 5.63. The van der Waals surface area contributed by atoms with Crippen LogP contribution in [0.5, 0.6) is 0 Å². The highest BCUT2D eigenvalue weighted by Crippen LogP contribution is 2.46. The van der Waals surface area contributed by atoms with E-state index in [-0.39, 0.29) is 5.92 Å². The number of carbonyl (C=O) groups is 1. The molecule has 3 heteroatoms. The van der Waals surface area contributed by atoms with Crippen molar-refractivity contribution in [1.29, 1.82) is 0 Å². The first-order chi connectivity index (χ1) is 10.1. The Bertz CT molecular complexity index is 463. The number of aliphatic carboxylic acids is 1. The summed E-state index contributed by atoms with van der Waals surface area (Å²) in [5, 5.41) is 10.9. The average Bonchev–Trinajstić information content (AvgIpc) is 3.03. The molecule has 1 aliphatic carbocycles. The standard InChI is InChI=1S/C18H25BrO2/c1-2-3-12-18(17(20)21,15-6-4-5-7-15)16-10-8-14(13-19)9-11-16/h8-11,15H,2-7,12-13H2,1H3,(H,20,21). The molecule has 21 heavy (non-hydrogen) atoms. The molecule has 0 spiro atoms. The van der Waals surface area contributed by atoms with Crippen LogP contribution in [0.3, 0.4) is 0 Å². The number of alkyl halides is 1. The first kappa shape index (κ1) is 16.5. The molecule has 0 saturated heterocycles. The van der Waals surface area contributed by atoms with E-state index in [1.54, 1.807) is 0 Å². The summed E-state index contributed by atoms with van der Waals surface area (Å²) in [5.41, 5.74) is 1.51. The van der Waals surface area contributed by atoms with Gasteiger partial charge in [-0.3, -0.25) is 4.79 Å². The van der Waals surface area contributed by atoms with Gasteiger partial charge in [-0.2, -0.15) is 0 Å². The van der Waals surface area contributed by atoms with E-state index in [1.165, 1.54) is 18.4 Å². The minimum absolute atomic E-state index is 0.288. The molecule has 0 aliphatic heterocycles. The van der Waals surface area contributed by atoms with E-state index in [0.717, 1.165) is 43.0 Å². The molecular weight excluding hydrogens is 328 g/mol. The van der Waals surface area contributed by atoms with Gasteiger partial charge in [0, 0.05) is 5.33 Å². The maximum absolute atomic E-state index is 12.3. The first-order valence-electron chi connectivity index (χ1n) is 8.04. The minimum atomic E-state index is -0.683. The maximum Gasteiger partial charge on any atom is 0.314 e. The second-order valence-corrected chi connectivity index (χ2v) is 6.75. The van der Waals surface area contributed by atoms with Gasteiger partial charge in [0.25, 0.3) is 0 Å². The highest BCUT2D eigenvalue weighted by Gasteiger charge is 2.47. The van der Waals surface area contributed by atoms with Crippen LogP contribution in [0.15, 0.2) is 24.3 Å². The van der Waals surface area contributed by atoms with E-state index < -0.39 is 11.4 Å². The number of unbranched alkanes of at least 4 members (excludes halogenated alkanes) is 1.